The maximum Gasteiger partial charge on any atom is 0.110 e. The van der Waals surface area contributed by atoms with E-state index in [1.807, 2.05) is 54.6 Å². The van der Waals surface area contributed by atoms with Crippen molar-refractivity contribution in [2.45, 2.75) is 0 Å². The minimum absolute atomic E-state index is 0.615. The third kappa shape index (κ3) is 3.82. The molecule has 3 nitrogen and oxygen atoms in total. The standard InChI is InChI=1S/C19H17N2OP/c22-21-19(18-13-7-8-14-20-18)15-23(16-9-3-1-4-10-16)17-11-5-2-6-12-17/h1-14,22H,15H2. The average Bonchev–Trinajstić information content (AvgIpc) is 2.65. The molecule has 4 heteroatoms. The normalized spacial score (nSPS) is 11.6. The van der Waals surface area contributed by atoms with Gasteiger partial charge in [0.05, 0.1) is 5.69 Å². The lowest BCUT2D eigenvalue weighted by molar-refractivity contribution is 0.319. The third-order valence-corrected chi connectivity index (χ3v) is 5.98. The van der Waals surface area contributed by atoms with Crippen LogP contribution in [0.1, 0.15) is 5.69 Å². The first-order valence-electron chi connectivity index (χ1n) is 7.38. The van der Waals surface area contributed by atoms with Crippen LogP contribution in [0.5, 0.6) is 0 Å². The van der Waals surface area contributed by atoms with Crippen molar-refractivity contribution in [3.63, 3.8) is 0 Å². The first-order chi connectivity index (χ1) is 11.4. The molecular formula is C19H17N2OP. The van der Waals surface area contributed by atoms with Gasteiger partial charge in [0.1, 0.15) is 5.71 Å². The Morgan fingerprint density at radius 3 is 1.87 bits per heavy atom. The maximum absolute atomic E-state index is 9.48. The number of hydrogen-bond donors (Lipinski definition) is 1. The summed E-state index contributed by atoms with van der Waals surface area (Å²) in [7, 11) is -0.650. The molecule has 0 fully saturated rings. The van der Waals surface area contributed by atoms with E-state index in [1.54, 1.807) is 6.20 Å². The summed E-state index contributed by atoms with van der Waals surface area (Å²) in [6, 6.07) is 26.4. The summed E-state index contributed by atoms with van der Waals surface area (Å²) in [5, 5.41) is 15.5. The van der Waals surface area contributed by atoms with Crippen molar-refractivity contribution in [3.8, 4) is 0 Å². The van der Waals surface area contributed by atoms with Crippen LogP contribution in [0, 0.1) is 0 Å². The van der Waals surface area contributed by atoms with Crippen molar-refractivity contribution >= 4 is 24.2 Å². The fraction of sp³-hybridized carbons (Fsp3) is 0.0526. The quantitative estimate of drug-likeness (QED) is 0.339. The predicted molar refractivity (Wildman–Crippen MR) is 96.5 cm³/mol. The van der Waals surface area contributed by atoms with E-state index in [0.717, 1.165) is 5.69 Å². The van der Waals surface area contributed by atoms with Gasteiger partial charge in [-0.3, -0.25) is 4.98 Å². The monoisotopic (exact) mass is 320 g/mol. The van der Waals surface area contributed by atoms with Crippen molar-refractivity contribution in [3.05, 3.63) is 90.8 Å². The summed E-state index contributed by atoms with van der Waals surface area (Å²) >= 11 is 0. The van der Waals surface area contributed by atoms with E-state index in [0.29, 0.717) is 11.9 Å². The Balaban J connectivity index is 1.96. The van der Waals surface area contributed by atoms with Crippen LogP contribution in [0.4, 0.5) is 0 Å². The molecule has 0 bridgehead atoms. The fourth-order valence-corrected chi connectivity index (χ4v) is 4.65. The number of benzene rings is 2. The first-order valence-corrected chi connectivity index (χ1v) is 8.91. The van der Waals surface area contributed by atoms with E-state index >= 15 is 0 Å². The molecule has 1 aromatic heterocycles. The molecule has 0 atom stereocenters. The highest BCUT2D eigenvalue weighted by Gasteiger charge is 2.18. The number of aromatic nitrogens is 1. The zero-order chi connectivity index (χ0) is 15.9. The molecule has 0 aliphatic heterocycles. The Hall–Kier alpha value is -2.51. The first kappa shape index (κ1) is 15.4. The summed E-state index contributed by atoms with van der Waals surface area (Å²) in [6.45, 7) is 0. The molecule has 114 valence electrons. The highest BCUT2D eigenvalue weighted by molar-refractivity contribution is 7.73. The second-order valence-corrected chi connectivity index (χ2v) is 7.22. The van der Waals surface area contributed by atoms with E-state index in [2.05, 4.69) is 34.4 Å². The van der Waals surface area contributed by atoms with Crippen LogP contribution in [0.25, 0.3) is 0 Å². The van der Waals surface area contributed by atoms with Crippen LogP contribution in [0.15, 0.2) is 90.2 Å². The minimum atomic E-state index is -0.650. The zero-order valence-electron chi connectivity index (χ0n) is 12.6. The number of rotatable bonds is 5. The smallest absolute Gasteiger partial charge is 0.110 e. The molecule has 1 heterocycles. The van der Waals surface area contributed by atoms with Crippen LogP contribution in [0.3, 0.4) is 0 Å². The molecule has 0 saturated carbocycles. The third-order valence-electron chi connectivity index (χ3n) is 3.52. The van der Waals surface area contributed by atoms with Crippen LogP contribution >= 0.6 is 7.92 Å². The van der Waals surface area contributed by atoms with Gasteiger partial charge in [0, 0.05) is 12.4 Å². The number of oxime groups is 1. The summed E-state index contributed by atoms with van der Waals surface area (Å²) in [5.41, 5.74) is 1.33. The van der Waals surface area contributed by atoms with E-state index in [4.69, 9.17) is 0 Å². The molecule has 1 N–H and O–H groups in total. The molecule has 0 radical (unpaired) electrons. The molecule has 0 amide bonds. The molecule has 0 unspecified atom stereocenters. The molecular weight excluding hydrogens is 303 g/mol. The Kier molecular flexibility index (Phi) is 5.13. The van der Waals surface area contributed by atoms with Gasteiger partial charge in [-0.25, -0.2) is 0 Å². The van der Waals surface area contributed by atoms with Crippen molar-refractivity contribution < 1.29 is 5.21 Å². The van der Waals surface area contributed by atoms with Crippen LogP contribution in [-0.4, -0.2) is 22.1 Å². The second kappa shape index (κ2) is 7.66. The Morgan fingerprint density at radius 1 is 0.826 bits per heavy atom. The highest BCUT2D eigenvalue weighted by Crippen LogP contribution is 2.34. The van der Waals surface area contributed by atoms with E-state index in [9.17, 15) is 5.21 Å². The van der Waals surface area contributed by atoms with Crippen LogP contribution in [0.2, 0.25) is 0 Å². The number of pyridine rings is 1. The molecule has 3 aromatic rings. The average molecular weight is 320 g/mol. The molecule has 0 spiro atoms. The zero-order valence-corrected chi connectivity index (χ0v) is 13.5. The molecule has 3 rings (SSSR count). The lowest BCUT2D eigenvalue weighted by atomic mass is 10.3. The Bertz CT molecular complexity index is 722. The van der Waals surface area contributed by atoms with Crippen molar-refractivity contribution in [1.29, 1.82) is 0 Å². The minimum Gasteiger partial charge on any atom is -0.411 e. The molecule has 2 aromatic carbocycles. The lowest BCUT2D eigenvalue weighted by Crippen LogP contribution is -2.19. The largest absolute Gasteiger partial charge is 0.411 e. The fourth-order valence-electron chi connectivity index (χ4n) is 2.39. The lowest BCUT2D eigenvalue weighted by Gasteiger charge is -2.19. The van der Waals surface area contributed by atoms with Gasteiger partial charge in [0.2, 0.25) is 0 Å². The van der Waals surface area contributed by atoms with E-state index in [-0.39, 0.29) is 0 Å². The van der Waals surface area contributed by atoms with Gasteiger partial charge in [-0.05, 0) is 30.7 Å². The van der Waals surface area contributed by atoms with Crippen molar-refractivity contribution in [1.82, 2.24) is 4.98 Å². The molecule has 0 aliphatic carbocycles. The van der Waals surface area contributed by atoms with Crippen molar-refractivity contribution in [2.75, 3.05) is 6.16 Å². The SMILES string of the molecule is ON=C(CP(c1ccccc1)c1ccccc1)c1ccccn1. The molecule has 23 heavy (non-hydrogen) atoms. The Labute approximate surface area is 137 Å². The summed E-state index contributed by atoms with van der Waals surface area (Å²) in [5.74, 6) is 0. The number of hydrogen-bond acceptors (Lipinski definition) is 3. The highest BCUT2D eigenvalue weighted by atomic mass is 31.1. The van der Waals surface area contributed by atoms with Crippen LogP contribution < -0.4 is 10.6 Å². The molecule has 0 saturated heterocycles. The maximum atomic E-state index is 9.48. The summed E-state index contributed by atoms with van der Waals surface area (Å²) in [4.78, 5) is 4.31. The van der Waals surface area contributed by atoms with Gasteiger partial charge in [0.25, 0.3) is 0 Å². The second-order valence-electron chi connectivity index (χ2n) is 5.02. The predicted octanol–water partition coefficient (Wildman–Crippen LogP) is 3.39. The van der Waals surface area contributed by atoms with Gasteiger partial charge >= 0.3 is 0 Å². The van der Waals surface area contributed by atoms with E-state index in [1.165, 1.54) is 10.6 Å². The van der Waals surface area contributed by atoms with Gasteiger partial charge in [-0.2, -0.15) is 0 Å². The van der Waals surface area contributed by atoms with Crippen LogP contribution in [-0.2, 0) is 0 Å². The van der Waals surface area contributed by atoms with Gasteiger partial charge < -0.3 is 5.21 Å². The van der Waals surface area contributed by atoms with Gasteiger partial charge in [0.15, 0.2) is 0 Å². The van der Waals surface area contributed by atoms with Crippen molar-refractivity contribution in [2.24, 2.45) is 5.16 Å². The van der Waals surface area contributed by atoms with Gasteiger partial charge in [-0.1, -0.05) is 71.9 Å². The van der Waals surface area contributed by atoms with E-state index < -0.39 is 7.92 Å². The molecule has 0 aliphatic rings. The van der Waals surface area contributed by atoms with Gasteiger partial charge in [-0.15, -0.1) is 0 Å². The summed E-state index contributed by atoms with van der Waals surface area (Å²) < 4.78 is 0. The Morgan fingerprint density at radius 2 is 1.39 bits per heavy atom. The topological polar surface area (TPSA) is 45.5 Å². The number of nitrogens with zero attached hydrogens (tertiary/aromatic N) is 2. The summed E-state index contributed by atoms with van der Waals surface area (Å²) in [6.07, 6.45) is 2.37.